The lowest BCUT2D eigenvalue weighted by molar-refractivity contribution is 0.0739. The Bertz CT molecular complexity index is 491. The number of halogens is 2. The maximum Gasteiger partial charge on any atom is 0.319 e. The topological polar surface area (TPSA) is 53.6 Å². The van der Waals surface area contributed by atoms with Gasteiger partial charge < -0.3 is 15.4 Å². The predicted molar refractivity (Wildman–Crippen MR) is 80.6 cm³/mol. The number of piperidine rings is 1. The van der Waals surface area contributed by atoms with Gasteiger partial charge >= 0.3 is 6.03 Å². The Labute approximate surface area is 128 Å². The number of hydrogen-bond acceptors (Lipinski definition) is 3. The zero-order valence-corrected chi connectivity index (χ0v) is 12.5. The van der Waals surface area contributed by atoms with Crippen LogP contribution in [0.1, 0.15) is 12.8 Å². The maximum atomic E-state index is 12.3. The molecule has 122 valence electrons. The predicted octanol–water partition coefficient (Wildman–Crippen LogP) is 2.55. The van der Waals surface area contributed by atoms with Gasteiger partial charge in [0.15, 0.2) is 0 Å². The summed E-state index contributed by atoms with van der Waals surface area (Å²) in [4.78, 5) is 13.7. The molecule has 0 spiro atoms. The lowest BCUT2D eigenvalue weighted by Crippen LogP contribution is -2.46. The number of likely N-dealkylation sites (tertiary alicyclic amines) is 1. The smallest absolute Gasteiger partial charge is 0.319 e. The van der Waals surface area contributed by atoms with Gasteiger partial charge in [-0.3, -0.25) is 4.90 Å². The molecular weight excluding hydrogens is 292 g/mol. The number of amides is 2. The van der Waals surface area contributed by atoms with Gasteiger partial charge in [0.1, 0.15) is 5.75 Å². The summed E-state index contributed by atoms with van der Waals surface area (Å²) in [5.74, 6) is 0.665. The molecule has 2 amide bonds. The van der Waals surface area contributed by atoms with Gasteiger partial charge in [-0.15, -0.1) is 0 Å². The number of nitrogens with one attached hydrogen (secondary N) is 2. The normalized spacial score (nSPS) is 16.5. The molecule has 1 aliphatic heterocycles. The fourth-order valence-electron chi connectivity index (χ4n) is 2.51. The van der Waals surface area contributed by atoms with Crippen molar-refractivity contribution in [2.75, 3.05) is 32.1 Å². The monoisotopic (exact) mass is 313 g/mol. The fraction of sp³-hybridized carbons (Fsp3) is 0.533. The van der Waals surface area contributed by atoms with E-state index >= 15 is 0 Å². The number of methoxy groups -OCH3 is 1. The molecule has 1 aromatic carbocycles. The molecule has 0 aromatic heterocycles. The molecule has 5 nitrogen and oxygen atoms in total. The van der Waals surface area contributed by atoms with E-state index in [1.54, 1.807) is 36.3 Å². The van der Waals surface area contributed by atoms with Crippen molar-refractivity contribution in [2.24, 2.45) is 0 Å². The van der Waals surface area contributed by atoms with Crippen LogP contribution in [0, 0.1) is 0 Å². The molecule has 22 heavy (non-hydrogen) atoms. The first-order valence-corrected chi connectivity index (χ1v) is 7.29. The van der Waals surface area contributed by atoms with Gasteiger partial charge in [-0.05, 0) is 25.0 Å². The van der Waals surface area contributed by atoms with Crippen LogP contribution in [0.3, 0.4) is 0 Å². The van der Waals surface area contributed by atoms with E-state index in [4.69, 9.17) is 4.74 Å². The van der Waals surface area contributed by atoms with Crippen LogP contribution in [0.2, 0.25) is 0 Å². The first-order valence-electron chi connectivity index (χ1n) is 7.29. The molecule has 0 bridgehead atoms. The Balaban J connectivity index is 1.76. The first kappa shape index (κ1) is 16.5. The van der Waals surface area contributed by atoms with Crippen LogP contribution in [0.5, 0.6) is 5.75 Å². The van der Waals surface area contributed by atoms with Crippen LogP contribution in [0.4, 0.5) is 19.3 Å². The molecule has 1 aliphatic rings. The lowest BCUT2D eigenvalue weighted by Gasteiger charge is -2.32. The SMILES string of the molecule is COc1cccc(NC(=O)NC2CCN(CC(F)F)CC2)c1. The highest BCUT2D eigenvalue weighted by Crippen LogP contribution is 2.17. The number of carbonyl (C=O) groups excluding carboxylic acids is 1. The summed E-state index contributed by atoms with van der Waals surface area (Å²) in [7, 11) is 1.56. The Morgan fingerprint density at radius 2 is 2.14 bits per heavy atom. The number of ether oxygens (including phenoxy) is 1. The summed E-state index contributed by atoms with van der Waals surface area (Å²) in [5.41, 5.74) is 0.645. The van der Waals surface area contributed by atoms with E-state index in [0.717, 1.165) is 0 Å². The summed E-state index contributed by atoms with van der Waals surface area (Å²) < 4.78 is 29.7. The highest BCUT2D eigenvalue weighted by Gasteiger charge is 2.22. The number of anilines is 1. The van der Waals surface area contributed by atoms with Gasteiger partial charge in [-0.1, -0.05) is 6.07 Å². The molecule has 0 atom stereocenters. The van der Waals surface area contributed by atoms with Crippen molar-refractivity contribution in [2.45, 2.75) is 25.3 Å². The maximum absolute atomic E-state index is 12.3. The standard InChI is InChI=1S/C15H21F2N3O2/c1-22-13-4-2-3-12(9-13)19-15(21)18-11-5-7-20(8-6-11)10-14(16)17/h2-4,9,11,14H,5-8,10H2,1H3,(H2,18,19,21). The Morgan fingerprint density at radius 1 is 1.41 bits per heavy atom. The summed E-state index contributed by atoms with van der Waals surface area (Å²) in [6.07, 6.45) is -0.947. The Kier molecular flexibility index (Phi) is 5.94. The largest absolute Gasteiger partial charge is 0.497 e. The van der Waals surface area contributed by atoms with Crippen LogP contribution in [0.15, 0.2) is 24.3 Å². The van der Waals surface area contributed by atoms with Crippen LogP contribution in [-0.4, -0.2) is 50.1 Å². The number of carbonyl (C=O) groups is 1. The van der Waals surface area contributed by atoms with Crippen molar-refractivity contribution in [1.82, 2.24) is 10.2 Å². The van der Waals surface area contributed by atoms with Gasteiger partial charge in [-0.25, -0.2) is 13.6 Å². The minimum atomic E-state index is -2.30. The summed E-state index contributed by atoms with van der Waals surface area (Å²) in [5, 5.41) is 5.62. The van der Waals surface area contributed by atoms with Crippen LogP contribution >= 0.6 is 0 Å². The molecule has 1 fully saturated rings. The number of alkyl halides is 2. The molecule has 0 unspecified atom stereocenters. The molecule has 1 aromatic rings. The van der Waals surface area contributed by atoms with Crippen molar-refractivity contribution < 1.29 is 18.3 Å². The zero-order chi connectivity index (χ0) is 15.9. The van der Waals surface area contributed by atoms with Crippen molar-refractivity contribution in [3.63, 3.8) is 0 Å². The summed E-state index contributed by atoms with van der Waals surface area (Å²) in [6, 6.07) is 6.80. The van der Waals surface area contributed by atoms with E-state index in [1.165, 1.54) is 0 Å². The molecule has 1 heterocycles. The molecule has 1 saturated heterocycles. The molecule has 7 heteroatoms. The van der Waals surface area contributed by atoms with Gasteiger partial charge in [0.05, 0.1) is 13.7 Å². The van der Waals surface area contributed by atoms with E-state index in [0.29, 0.717) is 37.4 Å². The van der Waals surface area contributed by atoms with Crippen LogP contribution < -0.4 is 15.4 Å². The number of benzene rings is 1. The Morgan fingerprint density at radius 3 is 2.77 bits per heavy atom. The lowest BCUT2D eigenvalue weighted by atomic mass is 10.1. The van der Waals surface area contributed by atoms with Crippen LogP contribution in [0.25, 0.3) is 0 Å². The second kappa shape index (κ2) is 7.93. The average molecular weight is 313 g/mol. The van der Waals surface area contributed by atoms with Crippen molar-refractivity contribution in [3.8, 4) is 5.75 Å². The molecule has 0 saturated carbocycles. The van der Waals surface area contributed by atoms with Crippen LogP contribution in [-0.2, 0) is 0 Å². The van der Waals surface area contributed by atoms with E-state index in [2.05, 4.69) is 10.6 Å². The van der Waals surface area contributed by atoms with Gasteiger partial charge in [0.25, 0.3) is 6.43 Å². The van der Waals surface area contributed by atoms with Gasteiger partial charge in [0.2, 0.25) is 0 Å². The third-order valence-corrected chi connectivity index (χ3v) is 3.65. The highest BCUT2D eigenvalue weighted by molar-refractivity contribution is 5.89. The average Bonchev–Trinajstić information content (AvgIpc) is 2.49. The zero-order valence-electron chi connectivity index (χ0n) is 12.5. The number of hydrogen-bond donors (Lipinski definition) is 2. The second-order valence-electron chi connectivity index (χ2n) is 5.30. The molecule has 0 radical (unpaired) electrons. The molecular formula is C15H21F2N3O2. The first-order chi connectivity index (χ1) is 10.6. The number of rotatable bonds is 5. The number of nitrogens with zero attached hydrogens (tertiary/aromatic N) is 1. The molecule has 0 aliphatic carbocycles. The summed E-state index contributed by atoms with van der Waals surface area (Å²) >= 11 is 0. The molecule has 2 rings (SSSR count). The third-order valence-electron chi connectivity index (χ3n) is 3.65. The fourth-order valence-corrected chi connectivity index (χ4v) is 2.51. The van der Waals surface area contributed by atoms with E-state index in [1.807, 2.05) is 0 Å². The highest BCUT2D eigenvalue weighted by atomic mass is 19.3. The van der Waals surface area contributed by atoms with Crippen molar-refractivity contribution in [3.05, 3.63) is 24.3 Å². The van der Waals surface area contributed by atoms with Crippen molar-refractivity contribution in [1.29, 1.82) is 0 Å². The minimum Gasteiger partial charge on any atom is -0.497 e. The third kappa shape index (κ3) is 5.14. The van der Waals surface area contributed by atoms with E-state index in [9.17, 15) is 13.6 Å². The summed E-state index contributed by atoms with van der Waals surface area (Å²) in [6.45, 7) is 0.964. The quantitative estimate of drug-likeness (QED) is 0.878. The Hall–Kier alpha value is -1.89. The van der Waals surface area contributed by atoms with Gasteiger partial charge in [0, 0.05) is 30.9 Å². The van der Waals surface area contributed by atoms with Crippen molar-refractivity contribution >= 4 is 11.7 Å². The molecule has 2 N–H and O–H groups in total. The minimum absolute atomic E-state index is 0.0135. The second-order valence-corrected chi connectivity index (χ2v) is 5.30. The van der Waals surface area contributed by atoms with Gasteiger partial charge in [-0.2, -0.15) is 0 Å². The van der Waals surface area contributed by atoms with E-state index in [-0.39, 0.29) is 18.6 Å². The van der Waals surface area contributed by atoms with E-state index < -0.39 is 6.43 Å². The number of urea groups is 1.